The molecule has 0 aliphatic heterocycles. The Labute approximate surface area is 87.0 Å². The second-order valence-corrected chi connectivity index (χ2v) is 2.93. The van der Waals surface area contributed by atoms with Crippen molar-refractivity contribution in [3.63, 3.8) is 0 Å². The van der Waals surface area contributed by atoms with Crippen LogP contribution in [0.2, 0.25) is 0 Å². The van der Waals surface area contributed by atoms with Gasteiger partial charge >= 0.3 is 0 Å². The first-order valence-corrected chi connectivity index (χ1v) is 5.16. The van der Waals surface area contributed by atoms with E-state index in [9.17, 15) is 5.11 Å². The minimum atomic E-state index is -0.420. The second kappa shape index (κ2) is 7.54. The molecule has 0 aromatic heterocycles. The molecule has 0 spiro atoms. The highest BCUT2D eigenvalue weighted by atomic mass is 16.3. The molecule has 2 nitrogen and oxygen atoms in total. The predicted molar refractivity (Wildman–Crippen MR) is 61.3 cm³/mol. The van der Waals surface area contributed by atoms with E-state index in [2.05, 4.69) is 5.32 Å². The highest BCUT2D eigenvalue weighted by molar-refractivity contribution is 5.18. The Balaban J connectivity index is 0.000000791. The summed E-state index contributed by atoms with van der Waals surface area (Å²) in [5.41, 5.74) is 0.958. The van der Waals surface area contributed by atoms with E-state index in [1.807, 2.05) is 58.2 Å². The monoisotopic (exact) mass is 195 g/mol. The molecule has 0 fully saturated rings. The van der Waals surface area contributed by atoms with Gasteiger partial charge in [0.15, 0.2) is 0 Å². The zero-order chi connectivity index (χ0) is 11.0. The van der Waals surface area contributed by atoms with Crippen molar-refractivity contribution in [3.05, 3.63) is 35.9 Å². The van der Waals surface area contributed by atoms with Gasteiger partial charge in [-0.25, -0.2) is 0 Å². The molecule has 2 N–H and O–H groups in total. The minimum absolute atomic E-state index is 0.0902. The first kappa shape index (κ1) is 13.1. The summed E-state index contributed by atoms with van der Waals surface area (Å²) in [6, 6.07) is 9.76. The van der Waals surface area contributed by atoms with Crippen molar-refractivity contribution >= 4 is 0 Å². The molecule has 80 valence electrons. The van der Waals surface area contributed by atoms with Crippen LogP contribution in [0.15, 0.2) is 30.3 Å². The van der Waals surface area contributed by atoms with Crippen molar-refractivity contribution in [1.82, 2.24) is 5.32 Å². The van der Waals surface area contributed by atoms with Gasteiger partial charge in [-0.3, -0.25) is 0 Å². The average molecular weight is 195 g/mol. The first-order chi connectivity index (χ1) is 6.75. The fraction of sp³-hybridized carbons (Fsp3) is 0.500. The van der Waals surface area contributed by atoms with Crippen LogP contribution in [0.3, 0.4) is 0 Å². The van der Waals surface area contributed by atoms with Gasteiger partial charge in [-0.1, -0.05) is 44.2 Å². The topological polar surface area (TPSA) is 32.3 Å². The number of benzene rings is 1. The smallest absolute Gasteiger partial charge is 0.0940 e. The molecule has 1 aromatic carbocycles. The Hall–Kier alpha value is -0.860. The maximum Gasteiger partial charge on any atom is 0.0940 e. The molecular weight excluding hydrogens is 174 g/mol. The Bertz CT molecular complexity index is 223. The fourth-order valence-corrected chi connectivity index (χ4v) is 1.10. The Morgan fingerprint density at radius 2 is 1.64 bits per heavy atom. The maximum atomic E-state index is 9.73. The van der Waals surface area contributed by atoms with E-state index >= 15 is 0 Å². The summed E-state index contributed by atoms with van der Waals surface area (Å²) in [5, 5.41) is 12.7. The first-order valence-electron chi connectivity index (χ1n) is 5.16. The molecule has 0 saturated heterocycles. The molecule has 2 atom stereocenters. The van der Waals surface area contributed by atoms with Crippen molar-refractivity contribution < 1.29 is 5.11 Å². The summed E-state index contributed by atoms with van der Waals surface area (Å²) in [5.74, 6) is 0. The number of hydrogen-bond donors (Lipinski definition) is 2. The fourth-order valence-electron chi connectivity index (χ4n) is 1.10. The van der Waals surface area contributed by atoms with E-state index in [4.69, 9.17) is 0 Å². The number of nitrogens with one attached hydrogen (secondary N) is 1. The van der Waals surface area contributed by atoms with Crippen LogP contribution in [-0.4, -0.2) is 18.2 Å². The van der Waals surface area contributed by atoms with Crippen LogP contribution in [0, 0.1) is 0 Å². The van der Waals surface area contributed by atoms with Crippen molar-refractivity contribution in [2.45, 2.75) is 32.9 Å². The molecule has 14 heavy (non-hydrogen) atoms. The molecule has 0 radical (unpaired) electrons. The van der Waals surface area contributed by atoms with E-state index in [1.165, 1.54) is 0 Å². The van der Waals surface area contributed by atoms with Crippen LogP contribution in [0.4, 0.5) is 0 Å². The van der Waals surface area contributed by atoms with Crippen LogP contribution in [0.1, 0.15) is 32.4 Å². The molecule has 1 rings (SSSR count). The van der Waals surface area contributed by atoms with Gasteiger partial charge in [0.05, 0.1) is 6.10 Å². The largest absolute Gasteiger partial charge is 0.387 e. The van der Waals surface area contributed by atoms with Crippen molar-refractivity contribution in [2.24, 2.45) is 0 Å². The Kier molecular flexibility index (Phi) is 7.07. The molecule has 0 bridgehead atoms. The molecule has 0 amide bonds. The zero-order valence-corrected chi connectivity index (χ0v) is 9.49. The third kappa shape index (κ3) is 3.90. The molecule has 0 aliphatic rings. The molecule has 0 aliphatic carbocycles. The summed E-state index contributed by atoms with van der Waals surface area (Å²) in [4.78, 5) is 0. The van der Waals surface area contributed by atoms with E-state index in [1.54, 1.807) is 0 Å². The molecule has 1 aromatic rings. The standard InChI is InChI=1S/C10H15NO.C2H6/c1-8(11-2)10(12)9-6-4-3-5-7-9;1-2/h3-8,10-12H,1-2H3;1-2H3/t8?,10-;/m1./s1. The number of rotatable bonds is 3. The summed E-state index contributed by atoms with van der Waals surface area (Å²) in [6.45, 7) is 5.96. The van der Waals surface area contributed by atoms with E-state index in [0.717, 1.165) is 5.56 Å². The van der Waals surface area contributed by atoms with Gasteiger partial charge < -0.3 is 10.4 Å². The number of aliphatic hydroxyl groups is 1. The highest BCUT2D eigenvalue weighted by Gasteiger charge is 2.12. The average Bonchev–Trinajstić information content (AvgIpc) is 2.31. The number of aliphatic hydroxyl groups excluding tert-OH is 1. The maximum absolute atomic E-state index is 9.73. The lowest BCUT2D eigenvalue weighted by molar-refractivity contribution is 0.140. The lowest BCUT2D eigenvalue weighted by atomic mass is 10.0. The lowest BCUT2D eigenvalue weighted by Crippen LogP contribution is -2.28. The van der Waals surface area contributed by atoms with Gasteiger partial charge in [0.25, 0.3) is 0 Å². The van der Waals surface area contributed by atoms with Gasteiger partial charge in [0.2, 0.25) is 0 Å². The van der Waals surface area contributed by atoms with E-state index in [-0.39, 0.29) is 6.04 Å². The summed E-state index contributed by atoms with van der Waals surface area (Å²) >= 11 is 0. The third-order valence-electron chi connectivity index (χ3n) is 2.07. The van der Waals surface area contributed by atoms with Crippen LogP contribution in [0.25, 0.3) is 0 Å². The summed E-state index contributed by atoms with van der Waals surface area (Å²) in [6.07, 6.45) is -0.420. The Morgan fingerprint density at radius 1 is 1.14 bits per heavy atom. The Morgan fingerprint density at radius 3 is 2.07 bits per heavy atom. The van der Waals surface area contributed by atoms with Crippen molar-refractivity contribution in [2.75, 3.05) is 7.05 Å². The molecule has 0 saturated carbocycles. The molecule has 1 unspecified atom stereocenters. The SMILES string of the molecule is CC.CNC(C)[C@@H](O)c1ccccc1. The second-order valence-electron chi connectivity index (χ2n) is 2.93. The highest BCUT2D eigenvalue weighted by Crippen LogP contribution is 2.15. The predicted octanol–water partition coefficient (Wildman–Crippen LogP) is 2.35. The van der Waals surface area contributed by atoms with Gasteiger partial charge in [0.1, 0.15) is 0 Å². The zero-order valence-electron chi connectivity index (χ0n) is 9.49. The summed E-state index contributed by atoms with van der Waals surface area (Å²) in [7, 11) is 1.84. The molecule has 0 heterocycles. The van der Waals surface area contributed by atoms with Crippen molar-refractivity contribution in [1.29, 1.82) is 0 Å². The van der Waals surface area contributed by atoms with Gasteiger partial charge in [-0.15, -0.1) is 0 Å². The third-order valence-corrected chi connectivity index (χ3v) is 2.07. The van der Waals surface area contributed by atoms with E-state index < -0.39 is 6.10 Å². The van der Waals surface area contributed by atoms with E-state index in [0.29, 0.717) is 0 Å². The van der Waals surface area contributed by atoms with Crippen LogP contribution < -0.4 is 5.32 Å². The normalized spacial score (nSPS) is 13.8. The van der Waals surface area contributed by atoms with Gasteiger partial charge in [-0.2, -0.15) is 0 Å². The summed E-state index contributed by atoms with van der Waals surface area (Å²) < 4.78 is 0. The minimum Gasteiger partial charge on any atom is -0.387 e. The van der Waals surface area contributed by atoms with Crippen molar-refractivity contribution in [3.8, 4) is 0 Å². The number of likely N-dealkylation sites (N-methyl/N-ethyl adjacent to an activating group) is 1. The van der Waals surface area contributed by atoms with Crippen LogP contribution in [-0.2, 0) is 0 Å². The van der Waals surface area contributed by atoms with Crippen LogP contribution >= 0.6 is 0 Å². The molecular formula is C12H21NO. The number of hydrogen-bond acceptors (Lipinski definition) is 2. The lowest BCUT2D eigenvalue weighted by Gasteiger charge is -2.17. The molecule has 2 heteroatoms. The van der Waals surface area contributed by atoms with Crippen LogP contribution in [0.5, 0.6) is 0 Å². The van der Waals surface area contributed by atoms with Gasteiger partial charge in [-0.05, 0) is 19.5 Å². The van der Waals surface area contributed by atoms with Gasteiger partial charge in [0, 0.05) is 6.04 Å². The quantitative estimate of drug-likeness (QED) is 0.776.